The van der Waals surface area contributed by atoms with Gasteiger partial charge in [0.15, 0.2) is 0 Å². The van der Waals surface area contributed by atoms with Crippen LogP contribution in [-0.4, -0.2) is 33.7 Å². The van der Waals surface area contributed by atoms with E-state index in [1.54, 1.807) is 7.05 Å². The molecule has 0 unspecified atom stereocenters. The molecule has 0 radical (unpaired) electrons. The number of carbonyl (C=O) groups is 1. The summed E-state index contributed by atoms with van der Waals surface area (Å²) in [6.45, 7) is 3.60. The molecule has 0 atom stereocenters. The molecule has 0 saturated carbocycles. The zero-order valence-corrected chi connectivity index (χ0v) is 18.1. The number of nitrogens with two attached hydrogens (primary N) is 1. The zero-order valence-electron chi connectivity index (χ0n) is 18.1. The second-order valence-electron chi connectivity index (χ2n) is 6.90. The van der Waals surface area contributed by atoms with Crippen LogP contribution in [0.15, 0.2) is 54.3 Å². The van der Waals surface area contributed by atoms with Gasteiger partial charge in [-0.1, -0.05) is 12.6 Å². The van der Waals surface area contributed by atoms with Crippen molar-refractivity contribution >= 4 is 17.5 Å². The summed E-state index contributed by atoms with van der Waals surface area (Å²) in [5.74, 6) is -1.83. The molecule has 12 heteroatoms. The largest absolute Gasteiger partial charge is 0.480 e. The maximum atomic E-state index is 14.6. The molecule has 178 valence electrons. The maximum Gasteiger partial charge on any atom is 0.417 e. The second-order valence-corrected chi connectivity index (χ2v) is 6.90. The fourth-order valence-electron chi connectivity index (χ4n) is 2.93. The monoisotopic (exact) mass is 477 g/mol. The average molecular weight is 477 g/mol. The summed E-state index contributed by atoms with van der Waals surface area (Å²) in [6, 6.07) is 6.01. The van der Waals surface area contributed by atoms with Gasteiger partial charge in [-0.2, -0.15) is 18.3 Å². The van der Waals surface area contributed by atoms with Crippen LogP contribution >= 0.6 is 0 Å². The first-order valence-electron chi connectivity index (χ1n) is 9.60. The van der Waals surface area contributed by atoms with Crippen molar-refractivity contribution in [1.29, 1.82) is 0 Å². The Morgan fingerprint density at radius 2 is 1.88 bits per heavy atom. The second kappa shape index (κ2) is 9.73. The van der Waals surface area contributed by atoms with Crippen LogP contribution in [0.25, 0.3) is 5.70 Å². The van der Waals surface area contributed by atoms with Crippen molar-refractivity contribution in [2.75, 3.05) is 7.11 Å². The number of aromatic nitrogens is 3. The van der Waals surface area contributed by atoms with Crippen LogP contribution in [0.5, 0.6) is 5.88 Å². The molecule has 0 aliphatic carbocycles. The van der Waals surface area contributed by atoms with E-state index in [9.17, 15) is 22.4 Å². The van der Waals surface area contributed by atoms with E-state index in [-0.39, 0.29) is 35.2 Å². The van der Waals surface area contributed by atoms with Crippen LogP contribution in [-0.2, 0) is 24.6 Å². The number of primary amides is 1. The van der Waals surface area contributed by atoms with Gasteiger partial charge in [0.2, 0.25) is 11.8 Å². The number of amides is 1. The highest BCUT2D eigenvalue weighted by molar-refractivity contribution is 5.99. The highest BCUT2D eigenvalue weighted by Gasteiger charge is 2.30. The molecule has 0 aliphatic heterocycles. The number of aliphatic imine (C=N–C) groups is 1. The third-order valence-corrected chi connectivity index (χ3v) is 4.72. The molecule has 3 rings (SSSR count). The smallest absolute Gasteiger partial charge is 0.417 e. The molecular weight excluding hydrogens is 458 g/mol. The number of alkyl halides is 3. The number of benzene rings is 1. The number of hydrogen-bond donors (Lipinski definition) is 1. The Hall–Kier alpha value is -4.22. The predicted molar refractivity (Wildman–Crippen MR) is 114 cm³/mol. The number of methoxy groups -OCH3 is 1. The number of ether oxygens (including phenoxy) is 2. The van der Waals surface area contributed by atoms with Crippen molar-refractivity contribution in [3.63, 3.8) is 0 Å². The van der Waals surface area contributed by atoms with Crippen molar-refractivity contribution in [2.24, 2.45) is 17.8 Å². The van der Waals surface area contributed by atoms with Gasteiger partial charge in [0.05, 0.1) is 41.4 Å². The summed E-state index contributed by atoms with van der Waals surface area (Å²) in [4.78, 5) is 19.3. The van der Waals surface area contributed by atoms with Crippen LogP contribution in [0, 0.1) is 5.82 Å². The number of halogens is 4. The van der Waals surface area contributed by atoms with Crippen LogP contribution in [0.1, 0.15) is 32.7 Å². The molecule has 1 aromatic carbocycles. The van der Waals surface area contributed by atoms with Crippen molar-refractivity contribution < 1.29 is 31.8 Å². The summed E-state index contributed by atoms with van der Waals surface area (Å²) in [6.07, 6.45) is -2.42. The minimum absolute atomic E-state index is 0.0148. The molecule has 2 N–H and O–H groups in total. The van der Waals surface area contributed by atoms with E-state index in [1.807, 2.05) is 0 Å². The molecule has 0 saturated heterocycles. The van der Waals surface area contributed by atoms with Crippen LogP contribution in [0.2, 0.25) is 0 Å². The van der Waals surface area contributed by atoms with E-state index in [0.29, 0.717) is 17.5 Å². The van der Waals surface area contributed by atoms with Crippen LogP contribution < -0.4 is 10.5 Å². The zero-order chi connectivity index (χ0) is 25.0. The molecular formula is C22H19F4N5O3. The van der Waals surface area contributed by atoms with E-state index < -0.39 is 23.5 Å². The van der Waals surface area contributed by atoms with Crippen molar-refractivity contribution in [2.45, 2.75) is 12.8 Å². The van der Waals surface area contributed by atoms with Gasteiger partial charge in [-0.25, -0.2) is 14.4 Å². The summed E-state index contributed by atoms with van der Waals surface area (Å²) in [5.41, 5.74) is 4.68. The molecule has 0 fully saturated rings. The SMILES string of the molecule is C=C(N=C(OC)c1cnn(C)c1COc1ccc(C(F)(F)F)cn1)c1cccc(C(N)=O)c1F. The number of hydrogen-bond acceptors (Lipinski definition) is 6. The Bertz CT molecular complexity index is 1250. The molecule has 0 bridgehead atoms. The standard InChI is InChI=1S/C22H19F4N5O3/c1-12(14-5-4-6-15(19(14)23)20(27)32)30-21(33-3)16-10-29-31(2)17(16)11-34-18-8-7-13(9-28-18)22(24,25)26/h4-10H,1,11H2,2-3H3,(H2,27,32). The predicted octanol–water partition coefficient (Wildman–Crippen LogP) is 3.71. The van der Waals surface area contributed by atoms with Gasteiger partial charge < -0.3 is 15.2 Å². The van der Waals surface area contributed by atoms with Crippen molar-refractivity contribution in [3.05, 3.63) is 83.1 Å². The normalized spacial score (nSPS) is 11.9. The number of pyridine rings is 1. The first-order valence-corrected chi connectivity index (χ1v) is 9.60. The van der Waals surface area contributed by atoms with E-state index in [0.717, 1.165) is 12.1 Å². The van der Waals surface area contributed by atoms with E-state index >= 15 is 0 Å². The summed E-state index contributed by atoms with van der Waals surface area (Å²) in [7, 11) is 2.94. The van der Waals surface area contributed by atoms with Gasteiger partial charge >= 0.3 is 6.18 Å². The van der Waals surface area contributed by atoms with E-state index in [2.05, 4.69) is 21.7 Å². The van der Waals surface area contributed by atoms with Crippen molar-refractivity contribution in [3.8, 4) is 5.88 Å². The first-order chi connectivity index (χ1) is 16.0. The summed E-state index contributed by atoms with van der Waals surface area (Å²) < 4.78 is 65.0. The third-order valence-electron chi connectivity index (χ3n) is 4.72. The number of rotatable bonds is 7. The molecule has 34 heavy (non-hydrogen) atoms. The van der Waals surface area contributed by atoms with E-state index in [1.165, 1.54) is 36.2 Å². The molecule has 3 aromatic rings. The first kappa shape index (κ1) is 24.4. The Balaban J connectivity index is 1.86. The van der Waals surface area contributed by atoms with Gasteiger partial charge in [-0.15, -0.1) is 0 Å². The fourth-order valence-corrected chi connectivity index (χ4v) is 2.93. The quantitative estimate of drug-likeness (QED) is 0.317. The number of nitrogens with zero attached hydrogens (tertiary/aromatic N) is 4. The minimum Gasteiger partial charge on any atom is -0.480 e. The number of aryl methyl sites for hydroxylation is 1. The Kier molecular flexibility index (Phi) is 6.99. The summed E-state index contributed by atoms with van der Waals surface area (Å²) in [5, 5.41) is 4.12. The van der Waals surface area contributed by atoms with Crippen molar-refractivity contribution in [1.82, 2.24) is 14.8 Å². The summed E-state index contributed by atoms with van der Waals surface area (Å²) >= 11 is 0. The van der Waals surface area contributed by atoms with Crippen LogP contribution in [0.3, 0.4) is 0 Å². The van der Waals surface area contributed by atoms with Gasteiger partial charge in [-0.05, 0) is 18.2 Å². The Labute approximate surface area is 191 Å². The Morgan fingerprint density at radius 1 is 1.18 bits per heavy atom. The molecule has 0 spiro atoms. The lowest BCUT2D eigenvalue weighted by atomic mass is 10.1. The van der Waals surface area contributed by atoms with Gasteiger partial charge in [0, 0.05) is 24.9 Å². The van der Waals surface area contributed by atoms with Crippen LogP contribution in [0.4, 0.5) is 17.6 Å². The minimum atomic E-state index is -4.51. The molecule has 2 heterocycles. The lowest BCUT2D eigenvalue weighted by molar-refractivity contribution is -0.137. The lowest BCUT2D eigenvalue weighted by Crippen LogP contribution is -2.14. The number of carbonyl (C=O) groups excluding carboxylic acids is 1. The molecule has 8 nitrogen and oxygen atoms in total. The topological polar surface area (TPSA) is 105 Å². The maximum absolute atomic E-state index is 14.6. The van der Waals surface area contributed by atoms with Gasteiger partial charge in [0.25, 0.3) is 5.91 Å². The fraction of sp³-hybridized carbons (Fsp3) is 0.182. The Morgan fingerprint density at radius 3 is 2.47 bits per heavy atom. The van der Waals surface area contributed by atoms with Gasteiger partial charge in [-0.3, -0.25) is 9.48 Å². The van der Waals surface area contributed by atoms with E-state index in [4.69, 9.17) is 15.2 Å². The average Bonchev–Trinajstić information content (AvgIpc) is 3.15. The molecule has 0 aliphatic rings. The molecule has 1 amide bonds. The third kappa shape index (κ3) is 5.22. The highest BCUT2D eigenvalue weighted by atomic mass is 19.4. The van der Waals surface area contributed by atoms with Gasteiger partial charge in [0.1, 0.15) is 12.4 Å². The molecule has 2 aromatic heterocycles. The highest BCUT2D eigenvalue weighted by Crippen LogP contribution is 2.29. The lowest BCUT2D eigenvalue weighted by Gasteiger charge is -2.11.